The molecule has 1 heterocycles. The van der Waals surface area contributed by atoms with Crippen molar-refractivity contribution in [3.8, 4) is 0 Å². The minimum absolute atomic E-state index is 0.165. The maximum Gasteiger partial charge on any atom is 0.0855 e. The Morgan fingerprint density at radius 2 is 2.27 bits per heavy atom. The minimum Gasteiger partial charge on any atom is -0.396 e. The monoisotopic (exact) mass is 158 g/mol. The number of hydrogen-bond acceptors (Lipinski definition) is 4. The molecule has 64 valence electrons. The molecule has 0 bridgehead atoms. The molecule has 4 heteroatoms. The van der Waals surface area contributed by atoms with Crippen molar-refractivity contribution in [2.24, 2.45) is 4.99 Å². The largest absolute Gasteiger partial charge is 0.396 e. The smallest absolute Gasteiger partial charge is 0.0855 e. The van der Waals surface area contributed by atoms with E-state index in [0.29, 0.717) is 6.54 Å². The van der Waals surface area contributed by atoms with E-state index >= 15 is 0 Å². The van der Waals surface area contributed by atoms with Crippen LogP contribution in [0.3, 0.4) is 0 Å². The zero-order valence-electron chi connectivity index (χ0n) is 6.48. The summed E-state index contributed by atoms with van der Waals surface area (Å²) in [6.07, 6.45) is 2.47. The van der Waals surface area contributed by atoms with E-state index in [9.17, 15) is 0 Å². The van der Waals surface area contributed by atoms with E-state index < -0.39 is 0 Å². The summed E-state index contributed by atoms with van der Waals surface area (Å²) in [5.74, 6) is 0. The average molecular weight is 158 g/mol. The highest BCUT2D eigenvalue weighted by Gasteiger charge is 2.15. The Hall–Kier alpha value is -0.610. The van der Waals surface area contributed by atoms with Crippen molar-refractivity contribution >= 4 is 6.34 Å². The highest BCUT2D eigenvalue weighted by atomic mass is 16.3. The zero-order valence-corrected chi connectivity index (χ0v) is 6.48. The lowest BCUT2D eigenvalue weighted by molar-refractivity contribution is 0.243. The van der Waals surface area contributed by atoms with Crippen LogP contribution < -0.4 is 0 Å². The van der Waals surface area contributed by atoms with E-state index in [-0.39, 0.29) is 19.3 Å². The fourth-order valence-electron chi connectivity index (χ4n) is 1.15. The zero-order chi connectivity index (χ0) is 8.10. The molecular weight excluding hydrogens is 144 g/mol. The molecule has 0 aliphatic carbocycles. The maximum absolute atomic E-state index is 8.60. The van der Waals surface area contributed by atoms with Gasteiger partial charge in [0, 0.05) is 19.7 Å². The Bertz CT molecular complexity index is 124. The topological polar surface area (TPSA) is 56.1 Å². The summed E-state index contributed by atoms with van der Waals surface area (Å²) >= 11 is 0. The van der Waals surface area contributed by atoms with Gasteiger partial charge in [-0.3, -0.25) is 4.99 Å². The third-order valence-electron chi connectivity index (χ3n) is 1.74. The van der Waals surface area contributed by atoms with Gasteiger partial charge in [-0.15, -0.1) is 0 Å². The molecule has 0 aromatic rings. The number of aliphatic imine (C=N–C) groups is 1. The lowest BCUT2D eigenvalue weighted by Crippen LogP contribution is -2.26. The molecule has 0 amide bonds. The van der Waals surface area contributed by atoms with Crippen LogP contribution in [0.5, 0.6) is 0 Å². The van der Waals surface area contributed by atoms with Crippen LogP contribution in [0.2, 0.25) is 0 Å². The number of aliphatic hydroxyl groups excluding tert-OH is 2. The first-order valence-corrected chi connectivity index (χ1v) is 3.86. The Morgan fingerprint density at radius 3 is 2.91 bits per heavy atom. The van der Waals surface area contributed by atoms with Crippen molar-refractivity contribution in [1.82, 2.24) is 4.90 Å². The molecule has 0 radical (unpaired) electrons. The van der Waals surface area contributed by atoms with Crippen molar-refractivity contribution in [2.75, 3.05) is 26.3 Å². The van der Waals surface area contributed by atoms with Gasteiger partial charge in [0.05, 0.1) is 19.0 Å². The van der Waals surface area contributed by atoms with Crippen LogP contribution >= 0.6 is 0 Å². The molecule has 0 fully saturated rings. The minimum atomic E-state index is 0.165. The first-order chi connectivity index (χ1) is 5.36. The first-order valence-electron chi connectivity index (χ1n) is 3.86. The summed E-state index contributed by atoms with van der Waals surface area (Å²) in [5, 5.41) is 17.2. The van der Waals surface area contributed by atoms with Crippen LogP contribution in [-0.2, 0) is 0 Å². The predicted molar refractivity (Wildman–Crippen MR) is 42.6 cm³/mol. The van der Waals surface area contributed by atoms with E-state index in [4.69, 9.17) is 10.2 Å². The summed E-state index contributed by atoms with van der Waals surface area (Å²) < 4.78 is 0. The van der Waals surface area contributed by atoms with Gasteiger partial charge in [-0.1, -0.05) is 0 Å². The SMILES string of the molecule is OCCC1CN(CCO)C=N1. The van der Waals surface area contributed by atoms with Gasteiger partial charge in [-0.25, -0.2) is 0 Å². The van der Waals surface area contributed by atoms with Crippen molar-refractivity contribution in [2.45, 2.75) is 12.5 Å². The van der Waals surface area contributed by atoms with Crippen LogP contribution in [0.15, 0.2) is 4.99 Å². The molecule has 0 aromatic carbocycles. The molecule has 1 rings (SSSR count). The Kier molecular flexibility index (Phi) is 3.32. The van der Waals surface area contributed by atoms with Crippen molar-refractivity contribution in [3.63, 3.8) is 0 Å². The molecule has 1 aliphatic heterocycles. The van der Waals surface area contributed by atoms with Gasteiger partial charge in [0.25, 0.3) is 0 Å². The third-order valence-corrected chi connectivity index (χ3v) is 1.74. The lowest BCUT2D eigenvalue weighted by atomic mass is 10.2. The second kappa shape index (κ2) is 4.31. The molecule has 1 aliphatic rings. The number of nitrogens with zero attached hydrogens (tertiary/aromatic N) is 2. The van der Waals surface area contributed by atoms with E-state index in [1.165, 1.54) is 0 Å². The number of aliphatic hydroxyl groups is 2. The van der Waals surface area contributed by atoms with Gasteiger partial charge < -0.3 is 15.1 Å². The van der Waals surface area contributed by atoms with Crippen molar-refractivity contribution < 1.29 is 10.2 Å². The average Bonchev–Trinajstić information content (AvgIpc) is 2.38. The van der Waals surface area contributed by atoms with Gasteiger partial charge in [-0.2, -0.15) is 0 Å². The molecule has 0 aromatic heterocycles. The van der Waals surface area contributed by atoms with Crippen LogP contribution in [0.25, 0.3) is 0 Å². The Balaban J connectivity index is 2.19. The highest BCUT2D eigenvalue weighted by Crippen LogP contribution is 2.05. The van der Waals surface area contributed by atoms with Crippen molar-refractivity contribution in [3.05, 3.63) is 0 Å². The fourth-order valence-corrected chi connectivity index (χ4v) is 1.15. The number of hydrogen-bond donors (Lipinski definition) is 2. The fraction of sp³-hybridized carbons (Fsp3) is 0.857. The second-order valence-electron chi connectivity index (χ2n) is 2.65. The van der Waals surface area contributed by atoms with Gasteiger partial charge in [0.15, 0.2) is 0 Å². The molecular formula is C7H14N2O2. The summed E-state index contributed by atoms with van der Waals surface area (Å²) in [5.41, 5.74) is 0. The van der Waals surface area contributed by atoms with E-state index in [0.717, 1.165) is 13.0 Å². The number of β-amino-alcohol motifs (C(OH)–C–C–N with tert-alkyl or cyclic N) is 1. The van der Waals surface area contributed by atoms with Gasteiger partial charge in [-0.05, 0) is 6.42 Å². The van der Waals surface area contributed by atoms with Crippen LogP contribution in [-0.4, -0.2) is 53.8 Å². The van der Waals surface area contributed by atoms with E-state index in [1.807, 2.05) is 4.90 Å². The van der Waals surface area contributed by atoms with Gasteiger partial charge in [0.1, 0.15) is 0 Å². The lowest BCUT2D eigenvalue weighted by Gasteiger charge is -2.13. The van der Waals surface area contributed by atoms with E-state index in [1.54, 1.807) is 6.34 Å². The van der Waals surface area contributed by atoms with Gasteiger partial charge in [0.2, 0.25) is 0 Å². The molecule has 11 heavy (non-hydrogen) atoms. The summed E-state index contributed by atoms with van der Waals surface area (Å²) in [4.78, 5) is 6.11. The van der Waals surface area contributed by atoms with Crippen LogP contribution in [0.4, 0.5) is 0 Å². The molecule has 2 N–H and O–H groups in total. The van der Waals surface area contributed by atoms with Crippen LogP contribution in [0.1, 0.15) is 6.42 Å². The first kappa shape index (κ1) is 8.49. The maximum atomic E-state index is 8.60. The van der Waals surface area contributed by atoms with Crippen LogP contribution in [0, 0.1) is 0 Å². The molecule has 4 nitrogen and oxygen atoms in total. The third kappa shape index (κ3) is 2.48. The second-order valence-corrected chi connectivity index (χ2v) is 2.65. The van der Waals surface area contributed by atoms with Crippen molar-refractivity contribution in [1.29, 1.82) is 0 Å². The normalized spacial score (nSPS) is 23.1. The Labute approximate surface area is 66.2 Å². The quantitative estimate of drug-likeness (QED) is 0.556. The summed E-state index contributed by atoms with van der Waals surface area (Å²) in [7, 11) is 0. The van der Waals surface area contributed by atoms with E-state index in [2.05, 4.69) is 4.99 Å². The standard InChI is InChI=1S/C7H14N2O2/c10-3-1-7-5-9(2-4-11)6-8-7/h6-7,10-11H,1-5H2. The number of rotatable bonds is 4. The highest BCUT2D eigenvalue weighted by molar-refractivity contribution is 5.57. The summed E-state index contributed by atoms with van der Waals surface area (Å²) in [6, 6.07) is 0.228. The molecule has 1 atom stereocenters. The summed E-state index contributed by atoms with van der Waals surface area (Å²) in [6.45, 7) is 1.83. The molecule has 0 saturated heterocycles. The molecule has 0 saturated carbocycles. The molecule has 1 unspecified atom stereocenters. The molecule has 0 spiro atoms. The van der Waals surface area contributed by atoms with Gasteiger partial charge >= 0.3 is 0 Å². The predicted octanol–water partition coefficient (Wildman–Crippen LogP) is -0.926. The Morgan fingerprint density at radius 1 is 1.45 bits per heavy atom.